The minimum atomic E-state index is 0.507. The lowest BCUT2D eigenvalue weighted by atomic mass is 10.1. The summed E-state index contributed by atoms with van der Waals surface area (Å²) < 4.78 is 11.5. The van der Waals surface area contributed by atoms with Gasteiger partial charge >= 0.3 is 0 Å². The van der Waals surface area contributed by atoms with Crippen LogP contribution in [0.2, 0.25) is 0 Å². The molecule has 0 spiro atoms. The summed E-state index contributed by atoms with van der Waals surface area (Å²) in [5.74, 6) is 1.45. The third kappa shape index (κ3) is 4.97. The van der Waals surface area contributed by atoms with Gasteiger partial charge in [0.05, 0.1) is 12.8 Å². The van der Waals surface area contributed by atoms with Crippen molar-refractivity contribution in [3.05, 3.63) is 99.9 Å². The van der Waals surface area contributed by atoms with E-state index < -0.39 is 0 Å². The van der Waals surface area contributed by atoms with E-state index in [9.17, 15) is 0 Å². The first kappa shape index (κ1) is 19.9. The van der Waals surface area contributed by atoms with E-state index in [1.807, 2.05) is 60.7 Å². The number of thiazole rings is 1. The van der Waals surface area contributed by atoms with E-state index in [-0.39, 0.29) is 0 Å². The van der Waals surface area contributed by atoms with E-state index in [4.69, 9.17) is 14.5 Å². The van der Waals surface area contributed by atoms with Crippen molar-refractivity contribution in [2.45, 2.75) is 13.5 Å². The summed E-state index contributed by atoms with van der Waals surface area (Å²) in [6, 6.07) is 24.5. The van der Waals surface area contributed by atoms with Crippen LogP contribution in [0.1, 0.15) is 21.7 Å². The number of ether oxygens (including phenoxy) is 2. The fourth-order valence-electron chi connectivity index (χ4n) is 3.03. The standard InChI is InChI=1S/C26H23NO2S/c1-19-8-12-22(13-9-19)23-18-30-26(27-23)15-11-20-10-14-24(25(16-20)28-2)29-17-21-6-4-3-5-7-21/h3-16,18H,17H2,1-2H3/b15-11+. The maximum Gasteiger partial charge on any atom is 0.161 e. The molecular formula is C26H23NO2S. The molecule has 0 fully saturated rings. The molecule has 0 saturated heterocycles. The second-order valence-electron chi connectivity index (χ2n) is 6.95. The Labute approximate surface area is 181 Å². The van der Waals surface area contributed by atoms with Crippen LogP contribution in [0.3, 0.4) is 0 Å². The largest absolute Gasteiger partial charge is 0.493 e. The Hall–Kier alpha value is -3.37. The fourth-order valence-corrected chi connectivity index (χ4v) is 3.75. The number of methoxy groups -OCH3 is 1. The van der Waals surface area contributed by atoms with Crippen LogP contribution in [0.5, 0.6) is 11.5 Å². The second kappa shape index (κ2) is 9.42. The third-order valence-electron chi connectivity index (χ3n) is 4.71. The molecule has 1 aromatic heterocycles. The van der Waals surface area contributed by atoms with Crippen molar-refractivity contribution in [2.75, 3.05) is 7.11 Å². The first-order valence-corrected chi connectivity index (χ1v) is 10.6. The van der Waals surface area contributed by atoms with Gasteiger partial charge in [0.15, 0.2) is 11.5 Å². The molecule has 3 aromatic carbocycles. The molecule has 150 valence electrons. The van der Waals surface area contributed by atoms with Crippen molar-refractivity contribution in [2.24, 2.45) is 0 Å². The zero-order valence-corrected chi connectivity index (χ0v) is 17.9. The van der Waals surface area contributed by atoms with Crippen molar-refractivity contribution in [3.63, 3.8) is 0 Å². The van der Waals surface area contributed by atoms with Crippen LogP contribution >= 0.6 is 11.3 Å². The lowest BCUT2D eigenvalue weighted by Crippen LogP contribution is -1.97. The van der Waals surface area contributed by atoms with Crippen molar-refractivity contribution in [1.82, 2.24) is 4.98 Å². The van der Waals surface area contributed by atoms with E-state index >= 15 is 0 Å². The van der Waals surface area contributed by atoms with Gasteiger partial charge in [-0.3, -0.25) is 0 Å². The number of aromatic nitrogens is 1. The molecule has 0 amide bonds. The second-order valence-corrected chi connectivity index (χ2v) is 7.84. The van der Waals surface area contributed by atoms with Gasteiger partial charge in [0.2, 0.25) is 0 Å². The highest BCUT2D eigenvalue weighted by Gasteiger charge is 2.06. The fraction of sp³-hybridized carbons (Fsp3) is 0.115. The molecule has 0 bridgehead atoms. The van der Waals surface area contributed by atoms with E-state index in [2.05, 4.69) is 36.6 Å². The maximum atomic E-state index is 5.93. The highest BCUT2D eigenvalue weighted by Crippen LogP contribution is 2.30. The lowest BCUT2D eigenvalue weighted by molar-refractivity contribution is 0.284. The van der Waals surface area contributed by atoms with Crippen molar-refractivity contribution in [1.29, 1.82) is 0 Å². The van der Waals surface area contributed by atoms with E-state index in [1.54, 1.807) is 18.4 Å². The zero-order valence-electron chi connectivity index (χ0n) is 17.0. The Morgan fingerprint density at radius 1 is 0.900 bits per heavy atom. The highest BCUT2D eigenvalue weighted by molar-refractivity contribution is 7.10. The molecule has 0 aliphatic carbocycles. The SMILES string of the molecule is COc1cc(/C=C/c2nc(-c3ccc(C)cc3)cs2)ccc1OCc1ccccc1. The van der Waals surface area contributed by atoms with Crippen LogP contribution in [0.15, 0.2) is 78.2 Å². The van der Waals surface area contributed by atoms with Gasteiger partial charge in [-0.2, -0.15) is 0 Å². The molecule has 4 heteroatoms. The number of benzene rings is 3. The Bertz CT molecular complexity index is 1130. The molecular weight excluding hydrogens is 390 g/mol. The molecule has 4 aromatic rings. The first-order chi connectivity index (χ1) is 14.7. The summed E-state index contributed by atoms with van der Waals surface area (Å²) in [6.07, 6.45) is 4.07. The van der Waals surface area contributed by atoms with Crippen LogP contribution in [0.25, 0.3) is 23.4 Å². The maximum absolute atomic E-state index is 5.93. The van der Waals surface area contributed by atoms with E-state index in [0.29, 0.717) is 12.4 Å². The van der Waals surface area contributed by atoms with E-state index in [0.717, 1.165) is 33.1 Å². The Balaban J connectivity index is 1.45. The van der Waals surface area contributed by atoms with Gasteiger partial charge < -0.3 is 9.47 Å². The molecule has 0 saturated carbocycles. The molecule has 0 unspecified atom stereocenters. The van der Waals surface area contributed by atoms with Gasteiger partial charge in [0.25, 0.3) is 0 Å². The average molecular weight is 414 g/mol. The first-order valence-electron chi connectivity index (χ1n) is 9.77. The molecule has 3 nitrogen and oxygen atoms in total. The van der Waals surface area contributed by atoms with Gasteiger partial charge in [-0.1, -0.05) is 72.3 Å². The van der Waals surface area contributed by atoms with Gasteiger partial charge in [0, 0.05) is 10.9 Å². The van der Waals surface area contributed by atoms with E-state index in [1.165, 1.54) is 5.56 Å². The minimum absolute atomic E-state index is 0.507. The van der Waals surface area contributed by atoms with Crippen LogP contribution in [-0.2, 0) is 6.61 Å². The number of nitrogens with zero attached hydrogens (tertiary/aromatic N) is 1. The monoisotopic (exact) mass is 413 g/mol. The van der Waals surface area contributed by atoms with Crippen molar-refractivity contribution < 1.29 is 9.47 Å². The van der Waals surface area contributed by atoms with Crippen molar-refractivity contribution >= 4 is 23.5 Å². The zero-order chi connectivity index (χ0) is 20.8. The quantitative estimate of drug-likeness (QED) is 0.331. The normalized spacial score (nSPS) is 11.0. The molecule has 0 aliphatic rings. The Morgan fingerprint density at radius 3 is 2.47 bits per heavy atom. The minimum Gasteiger partial charge on any atom is -0.493 e. The predicted molar refractivity (Wildman–Crippen MR) is 125 cm³/mol. The molecule has 0 atom stereocenters. The average Bonchev–Trinajstić information content (AvgIpc) is 3.27. The lowest BCUT2D eigenvalue weighted by Gasteiger charge is -2.11. The summed E-state index contributed by atoms with van der Waals surface area (Å²) in [5, 5.41) is 3.06. The topological polar surface area (TPSA) is 31.4 Å². The molecule has 4 rings (SSSR count). The number of aryl methyl sites for hydroxylation is 1. The van der Waals surface area contributed by atoms with Gasteiger partial charge in [-0.05, 0) is 36.3 Å². The summed E-state index contributed by atoms with van der Waals surface area (Å²) in [5.41, 5.74) is 5.54. The number of hydrogen-bond donors (Lipinski definition) is 0. The molecule has 30 heavy (non-hydrogen) atoms. The summed E-state index contributed by atoms with van der Waals surface area (Å²) in [4.78, 5) is 4.72. The Morgan fingerprint density at radius 2 is 1.70 bits per heavy atom. The smallest absolute Gasteiger partial charge is 0.161 e. The van der Waals surface area contributed by atoms with Crippen LogP contribution < -0.4 is 9.47 Å². The van der Waals surface area contributed by atoms with Crippen LogP contribution in [0, 0.1) is 6.92 Å². The van der Waals surface area contributed by atoms with Crippen molar-refractivity contribution in [3.8, 4) is 22.8 Å². The Kier molecular flexibility index (Phi) is 6.26. The molecule has 0 aliphatic heterocycles. The summed E-state index contributed by atoms with van der Waals surface area (Å²) in [7, 11) is 1.66. The molecule has 0 N–H and O–H groups in total. The molecule has 0 radical (unpaired) electrons. The summed E-state index contributed by atoms with van der Waals surface area (Å²) in [6.45, 7) is 2.60. The highest BCUT2D eigenvalue weighted by atomic mass is 32.1. The van der Waals surface area contributed by atoms with Crippen LogP contribution in [-0.4, -0.2) is 12.1 Å². The number of hydrogen-bond acceptors (Lipinski definition) is 4. The van der Waals surface area contributed by atoms with Gasteiger partial charge in [0.1, 0.15) is 11.6 Å². The van der Waals surface area contributed by atoms with Gasteiger partial charge in [-0.15, -0.1) is 11.3 Å². The molecule has 1 heterocycles. The number of rotatable bonds is 7. The van der Waals surface area contributed by atoms with Gasteiger partial charge in [-0.25, -0.2) is 4.98 Å². The predicted octanol–water partition coefficient (Wildman–Crippen LogP) is 6.88. The third-order valence-corrected chi connectivity index (χ3v) is 5.52. The summed E-state index contributed by atoms with van der Waals surface area (Å²) >= 11 is 1.63. The van der Waals surface area contributed by atoms with Crippen LogP contribution in [0.4, 0.5) is 0 Å².